The van der Waals surface area contributed by atoms with Gasteiger partial charge in [-0.1, -0.05) is 0 Å². The van der Waals surface area contributed by atoms with Crippen LogP contribution in [0.5, 0.6) is 0 Å². The van der Waals surface area contributed by atoms with Crippen molar-refractivity contribution >= 4 is 28.9 Å². The molecule has 2 N–H and O–H groups in total. The molecule has 0 bridgehead atoms. The Kier molecular flexibility index (Phi) is 4.82. The summed E-state index contributed by atoms with van der Waals surface area (Å²) in [5.74, 6) is 1.98. The Balaban J connectivity index is 1.31. The van der Waals surface area contributed by atoms with Crippen molar-refractivity contribution in [3.63, 3.8) is 0 Å². The Bertz CT molecular complexity index is 1360. The van der Waals surface area contributed by atoms with Gasteiger partial charge in [0.05, 0.1) is 18.2 Å². The van der Waals surface area contributed by atoms with Crippen molar-refractivity contribution in [2.45, 2.75) is 50.5 Å². The minimum Gasteiger partial charge on any atom is -0.327 e. The van der Waals surface area contributed by atoms with E-state index in [1.54, 1.807) is 10.6 Å². The molecule has 1 aliphatic carbocycles. The predicted octanol–water partition coefficient (Wildman–Crippen LogP) is 3.78. The topological polar surface area (TPSA) is 104 Å². The van der Waals surface area contributed by atoms with Gasteiger partial charge in [-0.3, -0.25) is 14.9 Å². The van der Waals surface area contributed by atoms with Crippen molar-refractivity contribution in [2.24, 2.45) is 0 Å². The highest BCUT2D eigenvalue weighted by molar-refractivity contribution is 5.93. The fourth-order valence-corrected chi connectivity index (χ4v) is 4.69. The molecule has 0 amide bonds. The summed E-state index contributed by atoms with van der Waals surface area (Å²) in [7, 11) is 0. The minimum atomic E-state index is -0.778. The van der Waals surface area contributed by atoms with Crippen molar-refractivity contribution in [3.8, 4) is 0 Å². The molecule has 1 aliphatic heterocycles. The molecule has 174 valence electrons. The largest absolute Gasteiger partial charge is 0.327 e. The van der Waals surface area contributed by atoms with E-state index in [0.29, 0.717) is 42.2 Å². The minimum absolute atomic E-state index is 0.0104. The number of carbonyl (C=O) groups is 1. The van der Waals surface area contributed by atoms with Crippen molar-refractivity contribution in [1.82, 2.24) is 29.8 Å². The average Bonchev–Trinajstić information content (AvgIpc) is 3.20. The zero-order valence-corrected chi connectivity index (χ0v) is 18.8. The molecule has 9 nitrogen and oxygen atoms in total. The Morgan fingerprint density at radius 2 is 2.21 bits per heavy atom. The molecule has 4 aromatic heterocycles. The van der Waals surface area contributed by atoms with Gasteiger partial charge in [-0.25, -0.2) is 8.91 Å². The molecule has 0 spiro atoms. The van der Waals surface area contributed by atoms with Gasteiger partial charge in [0.15, 0.2) is 17.4 Å². The van der Waals surface area contributed by atoms with Gasteiger partial charge in [0, 0.05) is 36.1 Å². The summed E-state index contributed by atoms with van der Waals surface area (Å²) >= 11 is 0. The van der Waals surface area contributed by atoms with Crippen molar-refractivity contribution < 1.29 is 9.18 Å². The summed E-state index contributed by atoms with van der Waals surface area (Å²) in [5.41, 5.74) is 1.73. The molecular formula is C24H25FN8O. The molecule has 10 heteroatoms. The maximum absolute atomic E-state index is 13.4. The highest BCUT2D eigenvalue weighted by Gasteiger charge is 2.44. The second kappa shape index (κ2) is 7.89. The normalized spacial score (nSPS) is 20.2. The van der Waals surface area contributed by atoms with Crippen LogP contribution in [-0.4, -0.2) is 47.6 Å². The molecule has 2 fully saturated rings. The third-order valence-corrected chi connectivity index (χ3v) is 6.85. The summed E-state index contributed by atoms with van der Waals surface area (Å²) in [5, 5.41) is 15.5. The number of nitrogens with zero attached hydrogens (tertiary/aromatic N) is 6. The standard InChI is InChI=1S/C24H25FN8O/c1-24(20(34)12-17-8-7-16(25)14-26-17)9-3-10-32(24)23-28-22(19-4-2-11-33(19)31-23)27-21-13-18(29-30-21)15-5-6-15/h2,4,7-8,11,13-15H,3,5-6,9-10,12H2,1H3,(H2,27,28,29,30,31)/t24-/m0/s1. The highest BCUT2D eigenvalue weighted by Crippen LogP contribution is 2.40. The third kappa shape index (κ3) is 3.68. The molecule has 0 radical (unpaired) electrons. The summed E-state index contributed by atoms with van der Waals surface area (Å²) in [6.45, 7) is 2.59. The fraction of sp³-hybridized carbons (Fsp3) is 0.375. The maximum atomic E-state index is 13.4. The van der Waals surface area contributed by atoms with Crippen LogP contribution in [0, 0.1) is 5.82 Å². The lowest BCUT2D eigenvalue weighted by atomic mass is 9.90. The molecule has 0 aromatic carbocycles. The SMILES string of the molecule is C[C@@]1(C(=O)Cc2ccc(F)cn2)CCCN1c1nc(Nc2cc(C3CC3)[nH]n2)c2cccn2n1. The molecule has 0 unspecified atom stereocenters. The monoisotopic (exact) mass is 460 g/mol. The van der Waals surface area contributed by atoms with Gasteiger partial charge in [0.1, 0.15) is 11.3 Å². The predicted molar refractivity (Wildman–Crippen MR) is 125 cm³/mol. The van der Waals surface area contributed by atoms with Gasteiger partial charge < -0.3 is 10.2 Å². The Labute approximate surface area is 195 Å². The van der Waals surface area contributed by atoms with Gasteiger partial charge in [-0.2, -0.15) is 10.1 Å². The first-order chi connectivity index (χ1) is 16.5. The van der Waals surface area contributed by atoms with Crippen LogP contribution in [0.15, 0.2) is 42.7 Å². The van der Waals surface area contributed by atoms with E-state index in [-0.39, 0.29) is 12.2 Å². The molecule has 1 saturated carbocycles. The van der Waals surface area contributed by atoms with Crippen LogP contribution in [0.3, 0.4) is 0 Å². The van der Waals surface area contributed by atoms with Crippen LogP contribution in [-0.2, 0) is 11.2 Å². The lowest BCUT2D eigenvalue weighted by Crippen LogP contribution is -2.50. The lowest BCUT2D eigenvalue weighted by molar-refractivity contribution is -0.122. The van der Waals surface area contributed by atoms with Gasteiger partial charge in [-0.05, 0) is 56.9 Å². The molecule has 2 aliphatic rings. The maximum Gasteiger partial charge on any atom is 0.246 e. The van der Waals surface area contributed by atoms with E-state index in [0.717, 1.165) is 23.8 Å². The van der Waals surface area contributed by atoms with Crippen LogP contribution in [0.1, 0.15) is 49.9 Å². The van der Waals surface area contributed by atoms with Gasteiger partial charge >= 0.3 is 0 Å². The summed E-state index contributed by atoms with van der Waals surface area (Å²) < 4.78 is 15.0. The number of ketones is 1. The van der Waals surface area contributed by atoms with Gasteiger partial charge in [0.2, 0.25) is 5.95 Å². The number of anilines is 3. The number of Topliss-reactive ketones (excluding diaryl/α,β-unsaturated/α-hetero) is 1. The van der Waals surface area contributed by atoms with Crippen LogP contribution < -0.4 is 10.2 Å². The first kappa shape index (κ1) is 20.8. The number of hydrogen-bond donors (Lipinski definition) is 2. The van der Waals surface area contributed by atoms with E-state index in [9.17, 15) is 9.18 Å². The molecule has 1 saturated heterocycles. The van der Waals surface area contributed by atoms with Crippen LogP contribution in [0.25, 0.3) is 5.52 Å². The molecule has 6 rings (SSSR count). The van der Waals surface area contributed by atoms with Crippen LogP contribution >= 0.6 is 0 Å². The average molecular weight is 461 g/mol. The van der Waals surface area contributed by atoms with E-state index in [1.165, 1.54) is 18.9 Å². The van der Waals surface area contributed by atoms with E-state index in [1.807, 2.05) is 36.2 Å². The number of halogens is 1. The smallest absolute Gasteiger partial charge is 0.246 e. The zero-order valence-electron chi connectivity index (χ0n) is 18.8. The first-order valence-electron chi connectivity index (χ1n) is 11.6. The fourth-order valence-electron chi connectivity index (χ4n) is 4.69. The van der Waals surface area contributed by atoms with Crippen molar-refractivity contribution in [1.29, 1.82) is 0 Å². The summed E-state index contributed by atoms with van der Waals surface area (Å²) in [4.78, 5) is 24.3. The molecule has 34 heavy (non-hydrogen) atoms. The second-order valence-electron chi connectivity index (χ2n) is 9.30. The number of rotatable bonds is 7. The van der Waals surface area contributed by atoms with Crippen LogP contribution in [0.2, 0.25) is 0 Å². The molecule has 1 atom stereocenters. The Hall–Kier alpha value is -3.82. The number of aromatic amines is 1. The lowest BCUT2D eigenvalue weighted by Gasteiger charge is -2.34. The van der Waals surface area contributed by atoms with Gasteiger partial charge in [-0.15, -0.1) is 5.10 Å². The Morgan fingerprint density at radius 1 is 1.32 bits per heavy atom. The number of fused-ring (bicyclic) bond motifs is 1. The summed E-state index contributed by atoms with van der Waals surface area (Å²) in [6, 6.07) is 8.76. The number of hydrogen-bond acceptors (Lipinski definition) is 7. The Morgan fingerprint density at radius 3 is 3.00 bits per heavy atom. The number of H-pyrrole nitrogens is 1. The van der Waals surface area contributed by atoms with E-state index in [4.69, 9.17) is 10.1 Å². The van der Waals surface area contributed by atoms with Gasteiger partial charge in [0.25, 0.3) is 0 Å². The second-order valence-corrected chi connectivity index (χ2v) is 9.30. The number of carbonyl (C=O) groups excluding carboxylic acids is 1. The van der Waals surface area contributed by atoms with E-state index >= 15 is 0 Å². The molecular weight excluding hydrogens is 435 g/mol. The van der Waals surface area contributed by atoms with Crippen molar-refractivity contribution in [2.75, 3.05) is 16.8 Å². The zero-order chi connectivity index (χ0) is 23.3. The first-order valence-corrected chi connectivity index (χ1v) is 11.6. The van der Waals surface area contributed by atoms with Crippen molar-refractivity contribution in [3.05, 3.63) is 59.9 Å². The number of aromatic nitrogens is 6. The van der Waals surface area contributed by atoms with E-state index in [2.05, 4.69) is 20.5 Å². The van der Waals surface area contributed by atoms with Crippen LogP contribution in [0.4, 0.5) is 22.0 Å². The highest BCUT2D eigenvalue weighted by atomic mass is 19.1. The third-order valence-electron chi connectivity index (χ3n) is 6.85. The number of pyridine rings is 1. The summed E-state index contributed by atoms with van der Waals surface area (Å²) in [6.07, 6.45) is 7.05. The molecule has 5 heterocycles. The quantitative estimate of drug-likeness (QED) is 0.433. The molecule has 4 aromatic rings. The number of nitrogens with one attached hydrogen (secondary N) is 2. The van der Waals surface area contributed by atoms with E-state index < -0.39 is 11.4 Å².